The van der Waals surface area contributed by atoms with Crippen LogP contribution in [0.5, 0.6) is 5.75 Å². The number of ether oxygens (including phenoxy) is 1. The molecular formula is C12H16ClNO. The lowest BCUT2D eigenvalue weighted by Crippen LogP contribution is -2.19. The maximum absolute atomic E-state index is 5.89. The van der Waals surface area contributed by atoms with Crippen LogP contribution in [0.15, 0.2) is 18.2 Å². The molecule has 15 heavy (non-hydrogen) atoms. The van der Waals surface area contributed by atoms with Gasteiger partial charge in [0.1, 0.15) is 11.9 Å². The summed E-state index contributed by atoms with van der Waals surface area (Å²) in [5, 5.41) is 0.753. The Labute approximate surface area is 95.4 Å². The van der Waals surface area contributed by atoms with E-state index in [-0.39, 0.29) is 6.10 Å². The first-order valence-corrected chi connectivity index (χ1v) is 5.71. The fourth-order valence-corrected chi connectivity index (χ4v) is 2.23. The molecule has 2 atom stereocenters. The molecule has 0 heterocycles. The molecule has 2 N–H and O–H groups in total. The molecule has 0 radical (unpaired) electrons. The summed E-state index contributed by atoms with van der Waals surface area (Å²) >= 11 is 5.88. The highest BCUT2D eigenvalue weighted by molar-refractivity contribution is 6.30. The summed E-state index contributed by atoms with van der Waals surface area (Å²) in [6, 6.07) is 6.02. The molecule has 2 rings (SSSR count). The minimum Gasteiger partial charge on any atom is -0.490 e. The molecular weight excluding hydrogens is 210 g/mol. The molecule has 0 amide bonds. The van der Waals surface area contributed by atoms with E-state index in [1.165, 1.54) is 0 Å². The summed E-state index contributed by atoms with van der Waals surface area (Å²) < 4.78 is 5.89. The molecule has 82 valence electrons. The fourth-order valence-electron chi connectivity index (χ4n) is 2.00. The largest absolute Gasteiger partial charge is 0.490 e. The van der Waals surface area contributed by atoms with Crippen LogP contribution in [0.2, 0.25) is 5.02 Å². The van der Waals surface area contributed by atoms with Gasteiger partial charge in [0.05, 0.1) is 0 Å². The van der Waals surface area contributed by atoms with Crippen LogP contribution in [0.3, 0.4) is 0 Å². The molecule has 0 bridgehead atoms. The number of hydrogen-bond acceptors (Lipinski definition) is 2. The van der Waals surface area contributed by atoms with Crippen LogP contribution in [0.4, 0.5) is 0 Å². The van der Waals surface area contributed by atoms with Crippen molar-refractivity contribution in [2.45, 2.75) is 38.3 Å². The molecule has 2 unspecified atom stereocenters. The van der Waals surface area contributed by atoms with Crippen LogP contribution in [0.1, 0.15) is 24.8 Å². The van der Waals surface area contributed by atoms with Crippen molar-refractivity contribution in [1.29, 1.82) is 0 Å². The first-order valence-electron chi connectivity index (χ1n) is 5.33. The molecule has 1 aliphatic rings. The van der Waals surface area contributed by atoms with Crippen LogP contribution in [0, 0.1) is 6.92 Å². The second-order valence-electron chi connectivity index (χ2n) is 4.22. The maximum atomic E-state index is 5.89. The zero-order valence-corrected chi connectivity index (χ0v) is 9.63. The van der Waals surface area contributed by atoms with Gasteiger partial charge in [-0.1, -0.05) is 11.6 Å². The number of benzene rings is 1. The van der Waals surface area contributed by atoms with Crippen LogP contribution >= 0.6 is 11.6 Å². The van der Waals surface area contributed by atoms with E-state index in [4.69, 9.17) is 22.1 Å². The Bertz CT molecular complexity index is 353. The number of halogens is 1. The highest BCUT2D eigenvalue weighted by Gasteiger charge is 2.23. The lowest BCUT2D eigenvalue weighted by Gasteiger charge is -2.15. The van der Waals surface area contributed by atoms with Gasteiger partial charge in [0.15, 0.2) is 0 Å². The van der Waals surface area contributed by atoms with E-state index in [2.05, 4.69) is 0 Å². The third-order valence-corrected chi connectivity index (χ3v) is 3.09. The summed E-state index contributed by atoms with van der Waals surface area (Å²) in [7, 11) is 0. The zero-order chi connectivity index (χ0) is 10.8. The second-order valence-corrected chi connectivity index (χ2v) is 4.66. The van der Waals surface area contributed by atoms with Crippen molar-refractivity contribution in [3.63, 3.8) is 0 Å². The standard InChI is InChI=1S/C12H16ClNO/c1-8-6-9(13)2-5-12(8)15-11-4-3-10(14)7-11/h2,5-6,10-11H,3-4,7,14H2,1H3. The van der Waals surface area contributed by atoms with Crippen LogP contribution in [-0.2, 0) is 0 Å². The predicted octanol–water partition coefficient (Wildman–Crippen LogP) is 2.91. The van der Waals surface area contributed by atoms with Gasteiger partial charge in [0.25, 0.3) is 0 Å². The lowest BCUT2D eigenvalue weighted by molar-refractivity contribution is 0.207. The molecule has 3 heteroatoms. The monoisotopic (exact) mass is 225 g/mol. The molecule has 1 aromatic rings. The van der Waals surface area contributed by atoms with Gasteiger partial charge in [-0.2, -0.15) is 0 Å². The Morgan fingerprint density at radius 3 is 2.80 bits per heavy atom. The minimum atomic E-state index is 0.278. The molecule has 1 aromatic carbocycles. The number of nitrogens with two attached hydrogens (primary N) is 1. The summed E-state index contributed by atoms with van der Waals surface area (Å²) in [6.45, 7) is 2.01. The van der Waals surface area contributed by atoms with Gasteiger partial charge in [0.2, 0.25) is 0 Å². The summed E-state index contributed by atoms with van der Waals surface area (Å²) in [5.41, 5.74) is 6.93. The molecule has 2 nitrogen and oxygen atoms in total. The summed E-state index contributed by atoms with van der Waals surface area (Å²) in [6.07, 6.45) is 3.36. The molecule has 0 aliphatic heterocycles. The van der Waals surface area contributed by atoms with E-state index >= 15 is 0 Å². The SMILES string of the molecule is Cc1cc(Cl)ccc1OC1CCC(N)C1. The van der Waals surface area contributed by atoms with E-state index in [9.17, 15) is 0 Å². The van der Waals surface area contributed by atoms with Gasteiger partial charge in [0, 0.05) is 11.1 Å². The van der Waals surface area contributed by atoms with Crippen molar-refractivity contribution in [3.05, 3.63) is 28.8 Å². The average molecular weight is 226 g/mol. The van der Waals surface area contributed by atoms with Crippen LogP contribution in [-0.4, -0.2) is 12.1 Å². The van der Waals surface area contributed by atoms with E-state index in [1.807, 2.05) is 25.1 Å². The summed E-state index contributed by atoms with van der Waals surface area (Å²) in [5.74, 6) is 0.929. The van der Waals surface area contributed by atoms with Gasteiger partial charge >= 0.3 is 0 Å². The van der Waals surface area contributed by atoms with Gasteiger partial charge in [-0.05, 0) is 49.9 Å². The lowest BCUT2D eigenvalue weighted by atomic mass is 10.2. The third kappa shape index (κ3) is 2.64. The molecule has 0 spiro atoms. The van der Waals surface area contributed by atoms with Crippen molar-refractivity contribution < 1.29 is 4.74 Å². The van der Waals surface area contributed by atoms with Crippen molar-refractivity contribution in [3.8, 4) is 5.75 Å². The van der Waals surface area contributed by atoms with Gasteiger partial charge in [-0.25, -0.2) is 0 Å². The van der Waals surface area contributed by atoms with Gasteiger partial charge < -0.3 is 10.5 Å². The smallest absolute Gasteiger partial charge is 0.122 e. The van der Waals surface area contributed by atoms with Crippen molar-refractivity contribution in [1.82, 2.24) is 0 Å². The molecule has 0 saturated heterocycles. The molecule has 1 saturated carbocycles. The van der Waals surface area contributed by atoms with Crippen molar-refractivity contribution in [2.24, 2.45) is 5.73 Å². The minimum absolute atomic E-state index is 0.278. The topological polar surface area (TPSA) is 35.2 Å². The Morgan fingerprint density at radius 1 is 1.40 bits per heavy atom. The Balaban J connectivity index is 2.04. The first kappa shape index (κ1) is 10.8. The van der Waals surface area contributed by atoms with E-state index in [1.54, 1.807) is 0 Å². The normalized spacial score (nSPS) is 25.5. The van der Waals surface area contributed by atoms with E-state index < -0.39 is 0 Å². The number of hydrogen-bond donors (Lipinski definition) is 1. The fraction of sp³-hybridized carbons (Fsp3) is 0.500. The molecule has 1 fully saturated rings. The van der Waals surface area contributed by atoms with Gasteiger partial charge in [-0.15, -0.1) is 0 Å². The average Bonchev–Trinajstić information content (AvgIpc) is 2.56. The summed E-state index contributed by atoms with van der Waals surface area (Å²) in [4.78, 5) is 0. The van der Waals surface area contributed by atoms with Gasteiger partial charge in [-0.3, -0.25) is 0 Å². The Kier molecular flexibility index (Phi) is 3.17. The van der Waals surface area contributed by atoms with E-state index in [0.717, 1.165) is 35.6 Å². The zero-order valence-electron chi connectivity index (χ0n) is 8.87. The third-order valence-electron chi connectivity index (χ3n) is 2.86. The maximum Gasteiger partial charge on any atom is 0.122 e. The van der Waals surface area contributed by atoms with E-state index in [0.29, 0.717) is 6.04 Å². The van der Waals surface area contributed by atoms with Crippen molar-refractivity contribution >= 4 is 11.6 Å². The Morgan fingerprint density at radius 2 is 2.20 bits per heavy atom. The first-order chi connectivity index (χ1) is 7.15. The van der Waals surface area contributed by atoms with Crippen molar-refractivity contribution in [2.75, 3.05) is 0 Å². The quantitative estimate of drug-likeness (QED) is 0.840. The van der Waals surface area contributed by atoms with Crippen LogP contribution < -0.4 is 10.5 Å². The number of aryl methyl sites for hydroxylation is 1. The predicted molar refractivity (Wildman–Crippen MR) is 62.4 cm³/mol. The number of rotatable bonds is 2. The Hall–Kier alpha value is -0.730. The highest BCUT2D eigenvalue weighted by Crippen LogP contribution is 2.27. The molecule has 0 aromatic heterocycles. The molecule has 1 aliphatic carbocycles. The van der Waals surface area contributed by atoms with Crippen LogP contribution in [0.25, 0.3) is 0 Å². The highest BCUT2D eigenvalue weighted by atomic mass is 35.5. The second kappa shape index (κ2) is 4.42.